The van der Waals surface area contributed by atoms with E-state index in [1.54, 1.807) is 35.9 Å². The molecule has 31 heavy (non-hydrogen) atoms. The van der Waals surface area contributed by atoms with Gasteiger partial charge >= 0.3 is 0 Å². The Hall–Kier alpha value is -4.01. The van der Waals surface area contributed by atoms with Gasteiger partial charge in [0.25, 0.3) is 11.8 Å². The van der Waals surface area contributed by atoms with Crippen molar-refractivity contribution in [2.24, 2.45) is 0 Å². The van der Waals surface area contributed by atoms with Gasteiger partial charge in [-0.05, 0) is 43.5 Å². The SMILES string of the molecule is CCCn1cc2[nH]c(C(=O)Nc3cc(C(=O)Nc4ccon4)ccc3C)c(C)c2c1O. The van der Waals surface area contributed by atoms with Gasteiger partial charge in [-0.1, -0.05) is 18.1 Å². The van der Waals surface area contributed by atoms with E-state index < -0.39 is 0 Å². The maximum Gasteiger partial charge on any atom is 0.272 e. The number of rotatable bonds is 6. The van der Waals surface area contributed by atoms with E-state index >= 15 is 0 Å². The van der Waals surface area contributed by atoms with Crippen molar-refractivity contribution < 1.29 is 19.2 Å². The van der Waals surface area contributed by atoms with Crippen LogP contribution in [0, 0.1) is 13.8 Å². The molecule has 0 aliphatic rings. The van der Waals surface area contributed by atoms with Crippen LogP contribution in [0.1, 0.15) is 45.3 Å². The lowest BCUT2D eigenvalue weighted by atomic mass is 10.1. The minimum Gasteiger partial charge on any atom is -0.494 e. The van der Waals surface area contributed by atoms with Crippen LogP contribution in [0.5, 0.6) is 5.88 Å². The Morgan fingerprint density at radius 2 is 2.00 bits per heavy atom. The van der Waals surface area contributed by atoms with Gasteiger partial charge in [0.1, 0.15) is 12.0 Å². The maximum atomic E-state index is 13.0. The highest BCUT2D eigenvalue weighted by Crippen LogP contribution is 2.32. The lowest BCUT2D eigenvalue weighted by molar-refractivity contribution is 0.101. The van der Waals surface area contributed by atoms with Crippen LogP contribution < -0.4 is 10.6 Å². The maximum absolute atomic E-state index is 13.0. The molecule has 9 nitrogen and oxygen atoms in total. The third-order valence-electron chi connectivity index (χ3n) is 5.18. The molecule has 0 atom stereocenters. The number of aryl methyl sites for hydroxylation is 3. The normalized spacial score (nSPS) is 11.1. The van der Waals surface area contributed by atoms with Crippen LogP contribution >= 0.6 is 0 Å². The van der Waals surface area contributed by atoms with Crippen LogP contribution in [-0.4, -0.2) is 31.6 Å². The highest BCUT2D eigenvalue weighted by Gasteiger charge is 2.21. The number of amides is 2. The summed E-state index contributed by atoms with van der Waals surface area (Å²) < 4.78 is 6.47. The Morgan fingerprint density at radius 3 is 2.68 bits per heavy atom. The average Bonchev–Trinajstić information content (AvgIpc) is 3.43. The van der Waals surface area contributed by atoms with Crippen molar-refractivity contribution in [3.05, 3.63) is 59.1 Å². The molecule has 4 aromatic rings. The minimum absolute atomic E-state index is 0.146. The molecule has 0 spiro atoms. The monoisotopic (exact) mass is 421 g/mol. The van der Waals surface area contributed by atoms with Crippen molar-refractivity contribution in [2.45, 2.75) is 33.7 Å². The number of carbonyl (C=O) groups is 2. The first-order valence-electron chi connectivity index (χ1n) is 9.93. The standard InChI is InChI=1S/C22H23N5O4/c1-4-8-27-11-16-18(22(27)30)13(3)19(23-16)21(29)24-15-10-14(6-5-12(15)2)20(28)25-17-7-9-31-26-17/h5-7,9-11,23,30H,4,8H2,1-3H3,(H,24,29)(H,25,26,28). The number of nitrogens with zero attached hydrogens (tertiary/aromatic N) is 2. The molecule has 0 saturated heterocycles. The molecule has 4 rings (SSSR count). The summed E-state index contributed by atoms with van der Waals surface area (Å²) >= 11 is 0. The predicted octanol–water partition coefficient (Wildman–Crippen LogP) is 4.19. The van der Waals surface area contributed by atoms with Gasteiger partial charge in [0.05, 0.1) is 10.9 Å². The molecular formula is C22H23N5O4. The average molecular weight is 421 g/mol. The van der Waals surface area contributed by atoms with E-state index in [9.17, 15) is 14.7 Å². The zero-order valence-corrected chi connectivity index (χ0v) is 17.4. The van der Waals surface area contributed by atoms with Crippen molar-refractivity contribution in [3.63, 3.8) is 0 Å². The molecule has 3 aromatic heterocycles. The molecule has 0 fully saturated rings. The summed E-state index contributed by atoms with van der Waals surface area (Å²) in [5, 5.41) is 20.3. The number of benzene rings is 1. The van der Waals surface area contributed by atoms with Gasteiger partial charge in [-0.15, -0.1) is 0 Å². The Balaban J connectivity index is 1.58. The number of aromatic nitrogens is 3. The summed E-state index contributed by atoms with van der Waals surface area (Å²) in [4.78, 5) is 28.5. The topological polar surface area (TPSA) is 125 Å². The van der Waals surface area contributed by atoms with E-state index in [-0.39, 0.29) is 17.7 Å². The second-order valence-corrected chi connectivity index (χ2v) is 7.38. The van der Waals surface area contributed by atoms with Crippen molar-refractivity contribution >= 4 is 34.2 Å². The molecule has 160 valence electrons. The summed E-state index contributed by atoms with van der Waals surface area (Å²) in [6.07, 6.45) is 4.05. The summed E-state index contributed by atoms with van der Waals surface area (Å²) in [7, 11) is 0. The fraction of sp³-hybridized carbons (Fsp3) is 0.227. The van der Waals surface area contributed by atoms with Crippen molar-refractivity contribution in [2.75, 3.05) is 10.6 Å². The van der Waals surface area contributed by atoms with E-state index in [0.29, 0.717) is 45.8 Å². The fourth-order valence-corrected chi connectivity index (χ4v) is 3.55. The number of nitrogens with one attached hydrogen (secondary N) is 3. The van der Waals surface area contributed by atoms with Crippen LogP contribution in [-0.2, 0) is 6.54 Å². The third-order valence-corrected chi connectivity index (χ3v) is 5.18. The number of fused-ring (bicyclic) bond motifs is 1. The molecular weight excluding hydrogens is 398 g/mol. The number of anilines is 2. The lowest BCUT2D eigenvalue weighted by Gasteiger charge is -2.11. The third kappa shape index (κ3) is 3.77. The van der Waals surface area contributed by atoms with Crippen LogP contribution in [0.2, 0.25) is 0 Å². The lowest BCUT2D eigenvalue weighted by Crippen LogP contribution is -2.16. The Bertz CT molecular complexity index is 1270. The van der Waals surface area contributed by atoms with Gasteiger partial charge in [0, 0.05) is 30.1 Å². The van der Waals surface area contributed by atoms with E-state index in [2.05, 4.69) is 20.8 Å². The largest absolute Gasteiger partial charge is 0.494 e. The number of hydrogen-bond acceptors (Lipinski definition) is 5. The second kappa shape index (κ2) is 8.02. The predicted molar refractivity (Wildman–Crippen MR) is 117 cm³/mol. The van der Waals surface area contributed by atoms with Gasteiger partial charge in [-0.3, -0.25) is 9.59 Å². The van der Waals surface area contributed by atoms with Crippen molar-refractivity contribution in [1.82, 2.24) is 14.7 Å². The van der Waals surface area contributed by atoms with Crippen LogP contribution in [0.25, 0.3) is 10.9 Å². The van der Waals surface area contributed by atoms with E-state index in [4.69, 9.17) is 4.52 Å². The molecule has 0 radical (unpaired) electrons. The van der Waals surface area contributed by atoms with Gasteiger partial charge in [0.2, 0.25) is 5.88 Å². The van der Waals surface area contributed by atoms with Crippen molar-refractivity contribution in [1.29, 1.82) is 0 Å². The minimum atomic E-state index is -0.371. The summed E-state index contributed by atoms with van der Waals surface area (Å²) in [6, 6.07) is 6.56. The molecule has 0 unspecified atom stereocenters. The first-order valence-corrected chi connectivity index (χ1v) is 9.93. The van der Waals surface area contributed by atoms with Crippen LogP contribution in [0.3, 0.4) is 0 Å². The smallest absolute Gasteiger partial charge is 0.272 e. The quantitative estimate of drug-likeness (QED) is 0.371. The number of H-pyrrole nitrogens is 1. The number of hydrogen-bond donors (Lipinski definition) is 4. The van der Waals surface area contributed by atoms with Gasteiger partial charge in [-0.25, -0.2) is 0 Å². The summed E-state index contributed by atoms with van der Waals surface area (Å²) in [6.45, 7) is 6.35. The van der Waals surface area contributed by atoms with Gasteiger partial charge < -0.3 is 29.8 Å². The molecule has 4 N–H and O–H groups in total. The summed E-state index contributed by atoms with van der Waals surface area (Å²) in [5.41, 5.74) is 3.41. The first-order chi connectivity index (χ1) is 14.9. The highest BCUT2D eigenvalue weighted by atomic mass is 16.5. The molecule has 1 aromatic carbocycles. The number of aromatic hydroxyl groups is 1. The van der Waals surface area contributed by atoms with E-state index in [0.717, 1.165) is 12.0 Å². The molecule has 3 heterocycles. The van der Waals surface area contributed by atoms with Crippen LogP contribution in [0.4, 0.5) is 11.5 Å². The first kappa shape index (κ1) is 20.3. The van der Waals surface area contributed by atoms with Gasteiger partial charge in [-0.2, -0.15) is 0 Å². The van der Waals surface area contributed by atoms with Crippen LogP contribution in [0.15, 0.2) is 41.2 Å². The summed E-state index contributed by atoms with van der Waals surface area (Å²) in [5.74, 6) is -0.277. The molecule has 0 aliphatic heterocycles. The molecule has 0 saturated carbocycles. The van der Waals surface area contributed by atoms with Gasteiger partial charge in [0.15, 0.2) is 5.82 Å². The Kier molecular flexibility index (Phi) is 5.24. The molecule has 0 bridgehead atoms. The molecule has 9 heteroatoms. The van der Waals surface area contributed by atoms with E-state index in [1.165, 1.54) is 12.3 Å². The number of aromatic amines is 1. The highest BCUT2D eigenvalue weighted by molar-refractivity contribution is 6.10. The van der Waals surface area contributed by atoms with Crippen molar-refractivity contribution in [3.8, 4) is 5.88 Å². The second-order valence-electron chi connectivity index (χ2n) is 7.38. The molecule has 0 aliphatic carbocycles. The Labute approximate surface area is 178 Å². The Morgan fingerprint density at radius 1 is 1.19 bits per heavy atom. The number of carbonyl (C=O) groups excluding carboxylic acids is 2. The molecule has 2 amide bonds. The zero-order valence-electron chi connectivity index (χ0n) is 17.4. The zero-order chi connectivity index (χ0) is 22.1. The van der Waals surface area contributed by atoms with E-state index in [1.807, 2.05) is 13.8 Å². The fourth-order valence-electron chi connectivity index (χ4n) is 3.55.